The summed E-state index contributed by atoms with van der Waals surface area (Å²) in [7, 11) is 0. The van der Waals surface area contributed by atoms with Crippen LogP contribution in [0.15, 0.2) is 0 Å². The molecule has 0 aromatic rings. The van der Waals surface area contributed by atoms with Crippen LogP contribution in [0.3, 0.4) is 0 Å². The van der Waals surface area contributed by atoms with Crippen molar-refractivity contribution in [1.29, 1.82) is 0 Å². The van der Waals surface area contributed by atoms with Gasteiger partial charge >= 0.3 is 0 Å². The molecule has 0 aliphatic rings. The van der Waals surface area contributed by atoms with Crippen molar-refractivity contribution in [3.63, 3.8) is 0 Å². The number of Topliss-reactive ketones (excluding diaryl/α,β-unsaturated/α-hetero) is 1. The first-order valence-electron chi connectivity index (χ1n) is 4.67. The number of nitrogens with two attached hydrogens (primary N) is 1. The van der Waals surface area contributed by atoms with Gasteiger partial charge in [0.1, 0.15) is 5.78 Å². The fourth-order valence-corrected chi connectivity index (χ4v) is 0.851. The van der Waals surface area contributed by atoms with Gasteiger partial charge in [-0.1, -0.05) is 34.1 Å². The molecule has 0 aromatic carbocycles. The zero-order chi connectivity index (χ0) is 9.78. The first-order chi connectivity index (χ1) is 5.44. The van der Waals surface area contributed by atoms with Crippen molar-refractivity contribution in [3.05, 3.63) is 0 Å². The van der Waals surface area contributed by atoms with Gasteiger partial charge in [-0.05, 0) is 5.92 Å². The molecule has 2 heteroatoms. The highest BCUT2D eigenvalue weighted by molar-refractivity contribution is 5.84. The number of ketones is 1. The molecule has 0 aliphatic heterocycles. The third-order valence-electron chi connectivity index (χ3n) is 2.50. The Bertz CT molecular complexity index is 152. The molecule has 0 rings (SSSR count). The molecule has 0 aliphatic carbocycles. The summed E-state index contributed by atoms with van der Waals surface area (Å²) in [6.07, 6.45) is 1.73. The second kappa shape index (κ2) is 4.61. The van der Waals surface area contributed by atoms with E-state index in [2.05, 4.69) is 13.8 Å². The van der Waals surface area contributed by atoms with Crippen molar-refractivity contribution in [2.45, 2.75) is 40.5 Å². The summed E-state index contributed by atoms with van der Waals surface area (Å²) in [4.78, 5) is 11.6. The summed E-state index contributed by atoms with van der Waals surface area (Å²) in [5, 5.41) is 0. The van der Waals surface area contributed by atoms with Gasteiger partial charge in [-0.3, -0.25) is 4.79 Å². The molecule has 0 aromatic heterocycles. The first kappa shape index (κ1) is 11.6. The van der Waals surface area contributed by atoms with E-state index in [9.17, 15) is 4.79 Å². The lowest BCUT2D eigenvalue weighted by Gasteiger charge is -2.22. The highest BCUT2D eigenvalue weighted by Gasteiger charge is 2.26. The first-order valence-corrected chi connectivity index (χ1v) is 4.67. The predicted octanol–water partition coefficient (Wildman–Crippen LogP) is 1.98. The molecule has 0 spiro atoms. The molecule has 0 heterocycles. The summed E-state index contributed by atoms with van der Waals surface area (Å²) < 4.78 is 0. The van der Waals surface area contributed by atoms with Crippen LogP contribution in [0.2, 0.25) is 0 Å². The number of carbonyl (C=O) groups excluding carboxylic acids is 1. The van der Waals surface area contributed by atoms with E-state index in [-0.39, 0.29) is 5.41 Å². The summed E-state index contributed by atoms with van der Waals surface area (Å²) in [6, 6.07) is 0. The molecular weight excluding hydrogens is 150 g/mol. The molecular formula is C10H21NO. The fourth-order valence-electron chi connectivity index (χ4n) is 0.851. The molecule has 1 unspecified atom stereocenters. The standard InChI is InChI=1S/C10H21NO/c1-5-8(2)6-9(12)10(3,4)7-11/h8H,5-7,11H2,1-4H3. The van der Waals surface area contributed by atoms with Gasteiger partial charge in [-0.15, -0.1) is 0 Å². The van der Waals surface area contributed by atoms with Crippen LogP contribution in [-0.4, -0.2) is 12.3 Å². The predicted molar refractivity (Wildman–Crippen MR) is 51.9 cm³/mol. The molecule has 0 saturated heterocycles. The molecule has 1 atom stereocenters. The van der Waals surface area contributed by atoms with Gasteiger partial charge in [0, 0.05) is 18.4 Å². The quantitative estimate of drug-likeness (QED) is 0.687. The molecule has 0 radical (unpaired) electrons. The van der Waals surface area contributed by atoms with E-state index in [0.717, 1.165) is 6.42 Å². The Kier molecular flexibility index (Phi) is 4.46. The minimum Gasteiger partial charge on any atom is -0.329 e. The van der Waals surface area contributed by atoms with Crippen molar-refractivity contribution in [3.8, 4) is 0 Å². The maximum Gasteiger partial charge on any atom is 0.140 e. The highest BCUT2D eigenvalue weighted by atomic mass is 16.1. The van der Waals surface area contributed by atoms with Crippen LogP contribution >= 0.6 is 0 Å². The number of rotatable bonds is 5. The van der Waals surface area contributed by atoms with E-state index in [1.807, 2.05) is 13.8 Å². The van der Waals surface area contributed by atoms with Gasteiger partial charge in [0.25, 0.3) is 0 Å². The molecule has 12 heavy (non-hydrogen) atoms. The Balaban J connectivity index is 4.03. The van der Waals surface area contributed by atoms with Crippen molar-refractivity contribution in [2.24, 2.45) is 17.1 Å². The Morgan fingerprint density at radius 1 is 1.50 bits per heavy atom. The van der Waals surface area contributed by atoms with Gasteiger partial charge < -0.3 is 5.73 Å². The SMILES string of the molecule is CCC(C)CC(=O)C(C)(C)CN. The van der Waals surface area contributed by atoms with Crippen molar-refractivity contribution >= 4 is 5.78 Å². The van der Waals surface area contributed by atoms with Crippen molar-refractivity contribution in [1.82, 2.24) is 0 Å². The van der Waals surface area contributed by atoms with E-state index in [1.54, 1.807) is 0 Å². The van der Waals surface area contributed by atoms with Crippen molar-refractivity contribution in [2.75, 3.05) is 6.54 Å². The van der Waals surface area contributed by atoms with Gasteiger partial charge in [0.2, 0.25) is 0 Å². The second-order valence-corrected chi connectivity index (χ2v) is 4.23. The lowest BCUT2D eigenvalue weighted by molar-refractivity contribution is -0.127. The summed E-state index contributed by atoms with van der Waals surface area (Å²) in [5.41, 5.74) is 5.17. The zero-order valence-corrected chi connectivity index (χ0v) is 8.68. The Morgan fingerprint density at radius 2 is 2.00 bits per heavy atom. The van der Waals surface area contributed by atoms with Crippen LogP contribution in [0.1, 0.15) is 40.5 Å². The minimum atomic E-state index is -0.330. The lowest BCUT2D eigenvalue weighted by Crippen LogP contribution is -2.33. The molecule has 72 valence electrons. The van der Waals surface area contributed by atoms with E-state index >= 15 is 0 Å². The summed E-state index contributed by atoms with van der Waals surface area (Å²) >= 11 is 0. The van der Waals surface area contributed by atoms with Crippen LogP contribution in [0, 0.1) is 11.3 Å². The minimum absolute atomic E-state index is 0.291. The van der Waals surface area contributed by atoms with E-state index in [4.69, 9.17) is 5.73 Å². The van der Waals surface area contributed by atoms with Crippen LogP contribution in [0.4, 0.5) is 0 Å². The molecule has 2 nitrogen and oxygen atoms in total. The maximum atomic E-state index is 11.6. The van der Waals surface area contributed by atoms with E-state index < -0.39 is 0 Å². The Labute approximate surface area is 75.5 Å². The highest BCUT2D eigenvalue weighted by Crippen LogP contribution is 2.20. The van der Waals surface area contributed by atoms with Crippen LogP contribution in [-0.2, 0) is 4.79 Å². The third-order valence-corrected chi connectivity index (χ3v) is 2.50. The topological polar surface area (TPSA) is 43.1 Å². The van der Waals surface area contributed by atoms with Crippen LogP contribution < -0.4 is 5.73 Å². The second-order valence-electron chi connectivity index (χ2n) is 4.23. The Hall–Kier alpha value is -0.370. The third kappa shape index (κ3) is 3.35. The number of hydrogen-bond acceptors (Lipinski definition) is 2. The van der Waals surface area contributed by atoms with E-state index in [1.165, 1.54) is 0 Å². The lowest BCUT2D eigenvalue weighted by atomic mass is 9.83. The average molecular weight is 171 g/mol. The zero-order valence-electron chi connectivity index (χ0n) is 8.68. The van der Waals surface area contributed by atoms with Crippen molar-refractivity contribution < 1.29 is 4.79 Å². The molecule has 0 amide bonds. The molecule has 0 fully saturated rings. The van der Waals surface area contributed by atoms with Gasteiger partial charge in [-0.25, -0.2) is 0 Å². The van der Waals surface area contributed by atoms with Gasteiger partial charge in [0.05, 0.1) is 0 Å². The average Bonchev–Trinajstić information content (AvgIpc) is 2.04. The fraction of sp³-hybridized carbons (Fsp3) is 0.900. The summed E-state index contributed by atoms with van der Waals surface area (Å²) in [5.74, 6) is 0.780. The monoisotopic (exact) mass is 171 g/mol. The van der Waals surface area contributed by atoms with Crippen LogP contribution in [0.25, 0.3) is 0 Å². The van der Waals surface area contributed by atoms with Gasteiger partial charge in [-0.2, -0.15) is 0 Å². The molecule has 0 saturated carbocycles. The largest absolute Gasteiger partial charge is 0.329 e. The maximum absolute atomic E-state index is 11.6. The normalized spacial score (nSPS) is 14.4. The van der Waals surface area contributed by atoms with Gasteiger partial charge in [0.15, 0.2) is 0 Å². The summed E-state index contributed by atoms with van der Waals surface area (Å²) in [6.45, 7) is 8.48. The smallest absolute Gasteiger partial charge is 0.140 e. The number of carbonyl (C=O) groups is 1. The molecule has 2 N–H and O–H groups in total. The number of hydrogen-bond donors (Lipinski definition) is 1. The molecule has 0 bridgehead atoms. The van der Waals surface area contributed by atoms with E-state index in [0.29, 0.717) is 24.7 Å². The van der Waals surface area contributed by atoms with Crippen LogP contribution in [0.5, 0.6) is 0 Å². The Morgan fingerprint density at radius 3 is 2.33 bits per heavy atom.